The zero-order valence-corrected chi connectivity index (χ0v) is 5.92. The maximum Gasteiger partial charge on any atom is 0.270 e. The fraction of sp³-hybridized carbons (Fsp3) is 0.833. The second-order valence-electron chi connectivity index (χ2n) is 1.87. The molecule has 0 unspecified atom stereocenters. The van der Waals surface area contributed by atoms with Crippen LogP contribution >= 0.6 is 0 Å². The van der Waals surface area contributed by atoms with Gasteiger partial charge in [0, 0.05) is 13.7 Å². The molecule has 0 saturated carbocycles. The van der Waals surface area contributed by atoms with E-state index in [4.69, 9.17) is 11.3 Å². The molecule has 3 nitrogen and oxygen atoms in total. The minimum absolute atomic E-state index is 0.462. The van der Waals surface area contributed by atoms with Crippen molar-refractivity contribution in [3.8, 4) is 0 Å². The van der Waals surface area contributed by atoms with Crippen molar-refractivity contribution in [1.29, 1.82) is 0 Å². The first-order valence-corrected chi connectivity index (χ1v) is 2.82. The predicted octanol–water partition coefficient (Wildman–Crippen LogP) is 0.441. The molecule has 0 amide bonds. The highest BCUT2D eigenvalue weighted by Crippen LogP contribution is 1.81. The first-order valence-electron chi connectivity index (χ1n) is 2.82. The lowest BCUT2D eigenvalue weighted by molar-refractivity contribution is 0.166. The number of methoxy groups -OCH3 is 1. The lowest BCUT2D eigenvalue weighted by atomic mass is 10.6. The Labute approximate surface area is 56.0 Å². The van der Waals surface area contributed by atoms with E-state index in [0.29, 0.717) is 13.3 Å². The highest BCUT2D eigenvalue weighted by Gasteiger charge is 1.96. The predicted molar refractivity (Wildman–Crippen MR) is 36.0 cm³/mol. The van der Waals surface area contributed by atoms with Crippen LogP contribution in [0.2, 0.25) is 0 Å². The van der Waals surface area contributed by atoms with E-state index in [1.165, 1.54) is 0 Å². The Bertz CT molecular complexity index is 97.7. The molecule has 0 rings (SSSR count). The van der Waals surface area contributed by atoms with Gasteiger partial charge in [0.15, 0.2) is 0 Å². The van der Waals surface area contributed by atoms with Gasteiger partial charge in [-0.3, -0.25) is 4.85 Å². The average molecular weight is 128 g/mol. The van der Waals surface area contributed by atoms with Crippen LogP contribution < -0.4 is 0 Å². The molecule has 0 saturated heterocycles. The van der Waals surface area contributed by atoms with Crippen LogP contribution in [0.3, 0.4) is 0 Å². The molecule has 3 heteroatoms. The molecule has 0 aliphatic rings. The van der Waals surface area contributed by atoms with Gasteiger partial charge >= 0.3 is 0 Å². The SMILES string of the molecule is [C-]#[N+]CN(C)CCOC. The minimum Gasteiger partial charge on any atom is -0.383 e. The summed E-state index contributed by atoms with van der Waals surface area (Å²) in [5.41, 5.74) is 0. The summed E-state index contributed by atoms with van der Waals surface area (Å²) in [7, 11) is 3.56. The van der Waals surface area contributed by atoms with Gasteiger partial charge in [0.1, 0.15) is 0 Å². The standard InChI is InChI=1S/C6H12N2O/c1-7-6-8(2)4-5-9-3/h4-6H2,2-3H3. The Morgan fingerprint density at radius 1 is 1.67 bits per heavy atom. The van der Waals surface area contributed by atoms with Crippen molar-refractivity contribution in [2.75, 3.05) is 34.0 Å². The average Bonchev–Trinajstić information content (AvgIpc) is 1.85. The molecule has 0 aromatic rings. The topological polar surface area (TPSA) is 16.8 Å². The molecule has 0 aromatic heterocycles. The van der Waals surface area contributed by atoms with Gasteiger partial charge in [-0.25, -0.2) is 11.5 Å². The van der Waals surface area contributed by atoms with Crippen LogP contribution in [0.25, 0.3) is 4.85 Å². The van der Waals surface area contributed by atoms with Crippen molar-refractivity contribution in [2.45, 2.75) is 0 Å². The zero-order chi connectivity index (χ0) is 7.11. The monoisotopic (exact) mass is 128 g/mol. The Kier molecular flexibility index (Phi) is 5.18. The normalized spacial score (nSPS) is 9.56. The molecule has 0 spiro atoms. The highest BCUT2D eigenvalue weighted by molar-refractivity contribution is 4.57. The minimum atomic E-state index is 0.462. The summed E-state index contributed by atoms with van der Waals surface area (Å²) < 4.78 is 4.81. The number of hydrogen-bond acceptors (Lipinski definition) is 2. The van der Waals surface area contributed by atoms with Crippen molar-refractivity contribution >= 4 is 0 Å². The van der Waals surface area contributed by atoms with Gasteiger partial charge in [-0.2, -0.15) is 0 Å². The lowest BCUT2D eigenvalue weighted by Crippen LogP contribution is -2.21. The molecule has 0 fully saturated rings. The van der Waals surface area contributed by atoms with E-state index in [2.05, 4.69) is 4.85 Å². The van der Waals surface area contributed by atoms with Crippen molar-refractivity contribution in [1.82, 2.24) is 4.90 Å². The largest absolute Gasteiger partial charge is 0.383 e. The summed E-state index contributed by atoms with van der Waals surface area (Å²) in [5, 5.41) is 0. The molecule has 0 aliphatic heterocycles. The van der Waals surface area contributed by atoms with Crippen molar-refractivity contribution in [3.05, 3.63) is 11.4 Å². The third-order valence-corrected chi connectivity index (χ3v) is 0.989. The summed E-state index contributed by atoms with van der Waals surface area (Å²) in [6.07, 6.45) is 0. The summed E-state index contributed by atoms with van der Waals surface area (Å²) >= 11 is 0. The van der Waals surface area contributed by atoms with Crippen LogP contribution in [0.4, 0.5) is 0 Å². The van der Waals surface area contributed by atoms with Crippen LogP contribution in [0.5, 0.6) is 0 Å². The molecule has 0 bridgehead atoms. The molecule has 0 heterocycles. The number of likely N-dealkylation sites (N-methyl/N-ethyl adjacent to an activating group) is 1. The smallest absolute Gasteiger partial charge is 0.270 e. The molecule has 0 aromatic carbocycles. The van der Waals surface area contributed by atoms with E-state index in [1.807, 2.05) is 11.9 Å². The Hall–Kier alpha value is -0.590. The molecular formula is C6H12N2O. The fourth-order valence-electron chi connectivity index (χ4n) is 0.439. The maximum atomic E-state index is 6.51. The molecule has 0 radical (unpaired) electrons. The van der Waals surface area contributed by atoms with Gasteiger partial charge in [0.05, 0.1) is 6.61 Å². The maximum absolute atomic E-state index is 6.51. The van der Waals surface area contributed by atoms with E-state index in [0.717, 1.165) is 6.54 Å². The summed E-state index contributed by atoms with van der Waals surface area (Å²) in [6, 6.07) is 0. The molecule has 0 N–H and O–H groups in total. The number of hydrogen-bond donors (Lipinski definition) is 0. The number of rotatable bonds is 4. The zero-order valence-electron chi connectivity index (χ0n) is 5.92. The van der Waals surface area contributed by atoms with Gasteiger partial charge in [-0.1, -0.05) is 0 Å². The first kappa shape index (κ1) is 8.41. The number of nitrogens with zero attached hydrogens (tertiary/aromatic N) is 2. The lowest BCUT2D eigenvalue weighted by Gasteiger charge is -2.06. The van der Waals surface area contributed by atoms with Gasteiger partial charge in [0.25, 0.3) is 6.67 Å². The van der Waals surface area contributed by atoms with E-state index >= 15 is 0 Å². The second kappa shape index (κ2) is 5.54. The van der Waals surface area contributed by atoms with E-state index in [-0.39, 0.29) is 0 Å². The Balaban J connectivity index is 3.08. The molecule has 9 heavy (non-hydrogen) atoms. The van der Waals surface area contributed by atoms with Crippen LogP contribution in [0, 0.1) is 6.57 Å². The second-order valence-corrected chi connectivity index (χ2v) is 1.87. The van der Waals surface area contributed by atoms with Crippen molar-refractivity contribution in [2.24, 2.45) is 0 Å². The van der Waals surface area contributed by atoms with Crippen molar-refractivity contribution in [3.63, 3.8) is 0 Å². The molecule has 0 atom stereocenters. The van der Waals surface area contributed by atoms with Gasteiger partial charge < -0.3 is 4.74 Å². The molecular weight excluding hydrogens is 116 g/mol. The quantitative estimate of drug-likeness (QED) is 0.511. The van der Waals surface area contributed by atoms with Gasteiger partial charge in [-0.05, 0) is 7.05 Å². The number of ether oxygens (including phenoxy) is 1. The first-order chi connectivity index (χ1) is 4.31. The Morgan fingerprint density at radius 3 is 2.78 bits per heavy atom. The van der Waals surface area contributed by atoms with E-state index in [9.17, 15) is 0 Å². The molecule has 0 aliphatic carbocycles. The van der Waals surface area contributed by atoms with Crippen molar-refractivity contribution < 1.29 is 4.74 Å². The van der Waals surface area contributed by atoms with Gasteiger partial charge in [-0.15, -0.1) is 0 Å². The van der Waals surface area contributed by atoms with Crippen LogP contribution in [0.1, 0.15) is 0 Å². The Morgan fingerprint density at radius 2 is 2.33 bits per heavy atom. The fourth-order valence-corrected chi connectivity index (χ4v) is 0.439. The summed E-state index contributed by atoms with van der Waals surface area (Å²) in [6.45, 7) is 8.51. The summed E-state index contributed by atoms with van der Waals surface area (Å²) in [5.74, 6) is 0. The van der Waals surface area contributed by atoms with E-state index in [1.54, 1.807) is 7.11 Å². The highest BCUT2D eigenvalue weighted by atomic mass is 16.5. The van der Waals surface area contributed by atoms with Crippen LogP contribution in [-0.2, 0) is 4.74 Å². The van der Waals surface area contributed by atoms with Crippen LogP contribution in [0.15, 0.2) is 0 Å². The third-order valence-electron chi connectivity index (χ3n) is 0.989. The van der Waals surface area contributed by atoms with Gasteiger partial charge in [0.2, 0.25) is 0 Å². The third kappa shape index (κ3) is 5.28. The van der Waals surface area contributed by atoms with Crippen LogP contribution in [-0.4, -0.2) is 38.9 Å². The molecule has 52 valence electrons. The summed E-state index contributed by atoms with van der Waals surface area (Å²) in [4.78, 5) is 5.12. The van der Waals surface area contributed by atoms with E-state index < -0.39 is 0 Å².